The number of amides is 1. The second kappa shape index (κ2) is 6.94. The molecule has 0 spiro atoms. The second-order valence-corrected chi connectivity index (χ2v) is 6.11. The predicted molar refractivity (Wildman–Crippen MR) is 94.2 cm³/mol. The molecule has 1 N–H and O–H groups in total. The van der Waals surface area contributed by atoms with Crippen molar-refractivity contribution in [3.05, 3.63) is 67.0 Å². The molecule has 0 radical (unpaired) electrons. The summed E-state index contributed by atoms with van der Waals surface area (Å²) in [5.74, 6) is -0.0823. The number of hydrogen-bond acceptors (Lipinski definition) is 3. The van der Waals surface area contributed by atoms with E-state index in [1.807, 2.05) is 58.1 Å². The monoisotopic (exact) mass is 336 g/mol. The number of aromatic nitrogens is 3. The van der Waals surface area contributed by atoms with E-state index < -0.39 is 0 Å². The van der Waals surface area contributed by atoms with Crippen molar-refractivity contribution in [3.63, 3.8) is 0 Å². The Balaban J connectivity index is 1.61. The number of nitrogens with one attached hydrogen (secondary N) is 1. The van der Waals surface area contributed by atoms with E-state index in [2.05, 4.69) is 10.3 Å². The van der Waals surface area contributed by atoms with Crippen LogP contribution in [0, 0.1) is 0 Å². The average Bonchev–Trinajstić information content (AvgIpc) is 3.42. The third kappa shape index (κ3) is 3.34. The molecule has 4 rings (SSSR count). The summed E-state index contributed by atoms with van der Waals surface area (Å²) >= 11 is 0. The summed E-state index contributed by atoms with van der Waals surface area (Å²) in [6.07, 6.45) is 11.5. The molecule has 2 aromatic heterocycles. The van der Waals surface area contributed by atoms with Gasteiger partial charge in [-0.15, -0.1) is 0 Å². The number of rotatable bonds is 5. The van der Waals surface area contributed by atoms with Gasteiger partial charge in [0.1, 0.15) is 0 Å². The van der Waals surface area contributed by atoms with Crippen LogP contribution in [0.3, 0.4) is 0 Å². The zero-order valence-electron chi connectivity index (χ0n) is 13.8. The highest BCUT2D eigenvalue weighted by atomic mass is 16.5. The number of nitrogens with zero attached hydrogens (tertiary/aromatic N) is 3. The molecule has 0 bridgehead atoms. The third-order valence-corrected chi connectivity index (χ3v) is 4.42. The number of carbonyl (C=O) groups excluding carboxylic acids is 1. The van der Waals surface area contributed by atoms with Crippen LogP contribution >= 0.6 is 0 Å². The minimum atomic E-state index is -0.0823. The van der Waals surface area contributed by atoms with Gasteiger partial charge in [0.15, 0.2) is 0 Å². The average molecular weight is 336 g/mol. The first-order chi connectivity index (χ1) is 12.3. The quantitative estimate of drug-likeness (QED) is 0.779. The van der Waals surface area contributed by atoms with Crippen LogP contribution in [0.2, 0.25) is 0 Å². The topological polar surface area (TPSA) is 61.1 Å². The molecular formula is C19H20N4O2. The van der Waals surface area contributed by atoms with Crippen molar-refractivity contribution in [1.29, 1.82) is 0 Å². The van der Waals surface area contributed by atoms with E-state index in [-0.39, 0.29) is 12.0 Å². The van der Waals surface area contributed by atoms with Crippen LogP contribution in [0.15, 0.2) is 61.4 Å². The number of carbonyl (C=O) groups is 1. The summed E-state index contributed by atoms with van der Waals surface area (Å²) in [7, 11) is 0. The molecule has 3 aromatic rings. The van der Waals surface area contributed by atoms with Crippen LogP contribution in [0.25, 0.3) is 11.4 Å². The lowest BCUT2D eigenvalue weighted by atomic mass is 10.1. The van der Waals surface area contributed by atoms with E-state index in [9.17, 15) is 4.79 Å². The SMILES string of the molecule is O=C(NC[C@H]1CCCO1)c1ccc(-n2ccnc2)c(-n2cccc2)c1. The van der Waals surface area contributed by atoms with Gasteiger partial charge < -0.3 is 19.2 Å². The number of benzene rings is 1. The van der Waals surface area contributed by atoms with Crippen molar-refractivity contribution in [3.8, 4) is 11.4 Å². The Labute approximate surface area is 146 Å². The fraction of sp³-hybridized carbons (Fsp3) is 0.263. The minimum absolute atomic E-state index is 0.0823. The molecule has 6 heteroatoms. The third-order valence-electron chi connectivity index (χ3n) is 4.42. The molecule has 0 saturated carbocycles. The van der Waals surface area contributed by atoms with Gasteiger partial charge in [-0.2, -0.15) is 0 Å². The maximum absolute atomic E-state index is 12.5. The fourth-order valence-electron chi connectivity index (χ4n) is 3.10. The normalized spacial score (nSPS) is 16.9. The first-order valence-corrected chi connectivity index (χ1v) is 8.47. The van der Waals surface area contributed by atoms with Gasteiger partial charge in [0.25, 0.3) is 5.91 Å². The van der Waals surface area contributed by atoms with E-state index in [1.54, 1.807) is 12.5 Å². The molecule has 1 aromatic carbocycles. The first kappa shape index (κ1) is 15.7. The van der Waals surface area contributed by atoms with Gasteiger partial charge in [-0.3, -0.25) is 4.79 Å². The summed E-state index contributed by atoms with van der Waals surface area (Å²) in [6.45, 7) is 1.35. The van der Waals surface area contributed by atoms with E-state index in [0.717, 1.165) is 30.8 Å². The van der Waals surface area contributed by atoms with Gasteiger partial charge >= 0.3 is 0 Å². The Kier molecular flexibility index (Phi) is 4.35. The van der Waals surface area contributed by atoms with Gasteiger partial charge in [-0.25, -0.2) is 4.98 Å². The second-order valence-electron chi connectivity index (χ2n) is 6.11. The van der Waals surface area contributed by atoms with Crippen molar-refractivity contribution in [1.82, 2.24) is 19.4 Å². The van der Waals surface area contributed by atoms with Gasteiger partial charge in [0.2, 0.25) is 0 Å². The molecule has 128 valence electrons. The smallest absolute Gasteiger partial charge is 0.251 e. The van der Waals surface area contributed by atoms with Gasteiger partial charge in [0.05, 0.1) is 23.8 Å². The van der Waals surface area contributed by atoms with Crippen LogP contribution in [0.4, 0.5) is 0 Å². The molecule has 0 aliphatic carbocycles. The molecule has 3 heterocycles. The van der Waals surface area contributed by atoms with Crippen molar-refractivity contribution in [2.75, 3.05) is 13.2 Å². The Bertz CT molecular complexity index is 834. The van der Waals surface area contributed by atoms with Gasteiger partial charge in [0, 0.05) is 43.5 Å². The first-order valence-electron chi connectivity index (χ1n) is 8.47. The highest BCUT2D eigenvalue weighted by Crippen LogP contribution is 2.21. The number of hydrogen-bond donors (Lipinski definition) is 1. The zero-order chi connectivity index (χ0) is 17.1. The van der Waals surface area contributed by atoms with Crippen LogP contribution in [0.5, 0.6) is 0 Å². The van der Waals surface area contributed by atoms with Crippen LogP contribution in [0.1, 0.15) is 23.2 Å². The lowest BCUT2D eigenvalue weighted by Gasteiger charge is -2.15. The van der Waals surface area contributed by atoms with Crippen LogP contribution in [-0.2, 0) is 4.74 Å². The Morgan fingerprint density at radius 1 is 1.20 bits per heavy atom. The summed E-state index contributed by atoms with van der Waals surface area (Å²) in [4.78, 5) is 16.6. The standard InChI is InChI=1S/C19H20N4O2/c24-19(21-13-16-4-3-11-25-16)15-5-6-17(23-10-7-20-14-23)18(12-15)22-8-1-2-9-22/h1-2,5-10,12,14,16H,3-4,11,13H2,(H,21,24)/t16-/m1/s1. The molecule has 1 aliphatic heterocycles. The zero-order valence-corrected chi connectivity index (χ0v) is 13.8. The molecule has 1 aliphatic rings. The Morgan fingerprint density at radius 3 is 2.80 bits per heavy atom. The van der Waals surface area contributed by atoms with Crippen molar-refractivity contribution < 1.29 is 9.53 Å². The van der Waals surface area contributed by atoms with E-state index in [1.165, 1.54) is 0 Å². The summed E-state index contributed by atoms with van der Waals surface area (Å²) in [6, 6.07) is 9.61. The lowest BCUT2D eigenvalue weighted by molar-refractivity contribution is 0.0858. The maximum atomic E-state index is 12.5. The molecule has 6 nitrogen and oxygen atoms in total. The summed E-state index contributed by atoms with van der Waals surface area (Å²) < 4.78 is 9.49. The summed E-state index contributed by atoms with van der Waals surface area (Å²) in [5.41, 5.74) is 2.52. The number of imidazole rings is 1. The Hall–Kier alpha value is -2.86. The van der Waals surface area contributed by atoms with Crippen LogP contribution < -0.4 is 5.32 Å². The van der Waals surface area contributed by atoms with Crippen molar-refractivity contribution in [2.45, 2.75) is 18.9 Å². The molecule has 1 amide bonds. The molecule has 0 unspecified atom stereocenters. The minimum Gasteiger partial charge on any atom is -0.376 e. The van der Waals surface area contributed by atoms with Crippen molar-refractivity contribution in [2.24, 2.45) is 0 Å². The Morgan fingerprint density at radius 2 is 2.08 bits per heavy atom. The highest BCUT2D eigenvalue weighted by molar-refractivity contribution is 5.95. The van der Waals surface area contributed by atoms with E-state index >= 15 is 0 Å². The van der Waals surface area contributed by atoms with E-state index in [0.29, 0.717) is 12.1 Å². The molecule has 1 atom stereocenters. The van der Waals surface area contributed by atoms with Crippen LogP contribution in [-0.4, -0.2) is 39.3 Å². The largest absolute Gasteiger partial charge is 0.376 e. The fourth-order valence-corrected chi connectivity index (χ4v) is 3.10. The predicted octanol–water partition coefficient (Wildman–Crippen LogP) is 2.57. The highest BCUT2D eigenvalue weighted by Gasteiger charge is 2.17. The van der Waals surface area contributed by atoms with Gasteiger partial charge in [-0.05, 0) is 43.2 Å². The summed E-state index contributed by atoms with van der Waals surface area (Å²) in [5, 5.41) is 2.98. The van der Waals surface area contributed by atoms with Crippen molar-refractivity contribution >= 4 is 5.91 Å². The lowest BCUT2D eigenvalue weighted by Crippen LogP contribution is -2.31. The molecule has 1 fully saturated rings. The van der Waals surface area contributed by atoms with E-state index in [4.69, 9.17) is 4.74 Å². The van der Waals surface area contributed by atoms with Gasteiger partial charge in [-0.1, -0.05) is 0 Å². The maximum Gasteiger partial charge on any atom is 0.251 e. The molecule has 25 heavy (non-hydrogen) atoms. The molecular weight excluding hydrogens is 316 g/mol. The molecule has 1 saturated heterocycles. The number of ether oxygens (including phenoxy) is 1.